The van der Waals surface area contributed by atoms with Crippen LogP contribution in [-0.2, 0) is 12.3 Å². The molecule has 1 N–H and O–H groups in total. The number of para-hydroxylation sites is 1. The van der Waals surface area contributed by atoms with Crippen LogP contribution in [0.3, 0.4) is 0 Å². The molecule has 5 aromatic rings. The van der Waals surface area contributed by atoms with Crippen molar-refractivity contribution in [1.82, 2.24) is 30.0 Å². The molecule has 4 heterocycles. The van der Waals surface area contributed by atoms with Crippen molar-refractivity contribution < 1.29 is 13.6 Å². The number of rotatable bonds is 8. The van der Waals surface area contributed by atoms with Crippen LogP contribution in [-0.4, -0.2) is 30.6 Å². The topological polar surface area (TPSA) is 98.7 Å². The molecule has 0 saturated carbocycles. The Labute approximate surface area is 201 Å². The SMILES string of the molecule is O=C(NCc1ccccn1)c1csc(CSc2nnc(-c3ccco3)n2-c2ccccc2F)n1. The van der Waals surface area contributed by atoms with Crippen molar-refractivity contribution in [3.63, 3.8) is 0 Å². The molecule has 4 aromatic heterocycles. The van der Waals surface area contributed by atoms with Gasteiger partial charge in [0.15, 0.2) is 10.9 Å². The fourth-order valence-corrected chi connectivity index (χ4v) is 4.89. The molecule has 5 rings (SSSR count). The highest BCUT2D eigenvalue weighted by atomic mass is 32.2. The summed E-state index contributed by atoms with van der Waals surface area (Å²) < 4.78 is 21.7. The van der Waals surface area contributed by atoms with Gasteiger partial charge in [0.2, 0.25) is 5.82 Å². The molecule has 0 saturated heterocycles. The second-order valence-corrected chi connectivity index (χ2v) is 8.87. The van der Waals surface area contributed by atoms with Crippen molar-refractivity contribution in [3.8, 4) is 17.3 Å². The summed E-state index contributed by atoms with van der Waals surface area (Å²) in [6, 6.07) is 15.4. The lowest BCUT2D eigenvalue weighted by molar-refractivity contribution is 0.0946. The fraction of sp³-hybridized carbons (Fsp3) is 0.0870. The number of hydrogen-bond donors (Lipinski definition) is 1. The number of carbonyl (C=O) groups excluding carboxylic acids is 1. The molecule has 0 fully saturated rings. The van der Waals surface area contributed by atoms with E-state index >= 15 is 0 Å². The Morgan fingerprint density at radius 1 is 1.12 bits per heavy atom. The van der Waals surface area contributed by atoms with Gasteiger partial charge in [0.25, 0.3) is 5.91 Å². The van der Waals surface area contributed by atoms with Gasteiger partial charge in [-0.1, -0.05) is 30.0 Å². The third-order valence-electron chi connectivity index (χ3n) is 4.73. The Morgan fingerprint density at radius 2 is 2.00 bits per heavy atom. The standard InChI is InChI=1S/C23H17FN6O2S2/c24-16-7-1-2-8-18(16)30-21(19-9-5-11-32-19)28-29-23(30)34-14-20-27-17(13-33-20)22(31)26-12-15-6-3-4-10-25-15/h1-11,13H,12,14H2,(H,26,31). The quantitative estimate of drug-likeness (QED) is 0.312. The number of furan rings is 1. The van der Waals surface area contributed by atoms with E-state index in [9.17, 15) is 9.18 Å². The van der Waals surface area contributed by atoms with Crippen molar-refractivity contribution in [2.45, 2.75) is 17.5 Å². The van der Waals surface area contributed by atoms with E-state index < -0.39 is 5.82 Å². The summed E-state index contributed by atoms with van der Waals surface area (Å²) in [6.45, 7) is 0.322. The Balaban J connectivity index is 1.32. The molecular formula is C23H17FN6O2S2. The van der Waals surface area contributed by atoms with E-state index in [1.165, 1.54) is 35.4 Å². The Hall–Kier alpha value is -3.83. The predicted molar refractivity (Wildman–Crippen MR) is 126 cm³/mol. The molecule has 0 aliphatic carbocycles. The molecule has 170 valence electrons. The van der Waals surface area contributed by atoms with E-state index in [1.54, 1.807) is 46.5 Å². The second-order valence-electron chi connectivity index (χ2n) is 6.99. The number of thioether (sulfide) groups is 1. The first-order valence-corrected chi connectivity index (χ1v) is 12.0. The van der Waals surface area contributed by atoms with Crippen molar-refractivity contribution in [1.29, 1.82) is 0 Å². The Kier molecular flexibility index (Phi) is 6.45. The maximum absolute atomic E-state index is 14.6. The molecule has 0 bridgehead atoms. The van der Waals surface area contributed by atoms with E-state index in [2.05, 4.69) is 25.5 Å². The molecule has 0 aliphatic rings. The summed E-state index contributed by atoms with van der Waals surface area (Å²) in [5.41, 5.74) is 1.42. The number of hydrogen-bond acceptors (Lipinski definition) is 8. The highest BCUT2D eigenvalue weighted by molar-refractivity contribution is 7.98. The summed E-state index contributed by atoms with van der Waals surface area (Å²) >= 11 is 2.71. The van der Waals surface area contributed by atoms with Crippen LogP contribution in [0.15, 0.2) is 82.0 Å². The van der Waals surface area contributed by atoms with Gasteiger partial charge in [0.05, 0.1) is 29.9 Å². The number of aromatic nitrogens is 5. The molecule has 0 radical (unpaired) electrons. The third-order valence-corrected chi connectivity index (χ3v) is 6.71. The molecule has 8 nitrogen and oxygen atoms in total. The summed E-state index contributed by atoms with van der Waals surface area (Å²) in [6.07, 6.45) is 3.20. The third kappa shape index (κ3) is 4.75. The van der Waals surface area contributed by atoms with Crippen LogP contribution in [0.25, 0.3) is 17.3 Å². The summed E-state index contributed by atoms with van der Waals surface area (Å²) in [5, 5.41) is 14.2. The first-order valence-electron chi connectivity index (χ1n) is 10.2. The molecular weight excluding hydrogens is 475 g/mol. The smallest absolute Gasteiger partial charge is 0.271 e. The fourth-order valence-electron chi connectivity index (χ4n) is 3.15. The maximum atomic E-state index is 14.6. The zero-order valence-corrected chi connectivity index (χ0v) is 19.2. The van der Waals surface area contributed by atoms with Crippen LogP contribution in [0.4, 0.5) is 4.39 Å². The lowest BCUT2D eigenvalue weighted by Crippen LogP contribution is -2.23. The van der Waals surface area contributed by atoms with Crippen molar-refractivity contribution in [2.24, 2.45) is 0 Å². The van der Waals surface area contributed by atoms with Crippen LogP contribution in [0.1, 0.15) is 21.2 Å². The van der Waals surface area contributed by atoms with Crippen LogP contribution in [0.5, 0.6) is 0 Å². The van der Waals surface area contributed by atoms with Gasteiger partial charge in [-0.05, 0) is 36.4 Å². The van der Waals surface area contributed by atoms with Gasteiger partial charge in [0, 0.05) is 11.6 Å². The molecule has 0 aliphatic heterocycles. The monoisotopic (exact) mass is 492 g/mol. The average molecular weight is 493 g/mol. The van der Waals surface area contributed by atoms with E-state index in [1.807, 2.05) is 18.2 Å². The predicted octanol–water partition coefficient (Wildman–Crippen LogP) is 4.74. The summed E-state index contributed by atoms with van der Waals surface area (Å²) in [7, 11) is 0. The number of halogens is 1. The van der Waals surface area contributed by atoms with E-state index in [4.69, 9.17) is 4.42 Å². The number of benzene rings is 1. The Bertz CT molecular complexity index is 1400. The van der Waals surface area contributed by atoms with Gasteiger partial charge in [-0.25, -0.2) is 9.37 Å². The molecule has 0 atom stereocenters. The number of amides is 1. The summed E-state index contributed by atoms with van der Waals surface area (Å²) in [4.78, 5) is 21.1. The highest BCUT2D eigenvalue weighted by Gasteiger charge is 2.21. The molecule has 11 heteroatoms. The maximum Gasteiger partial charge on any atom is 0.271 e. The molecule has 1 aromatic carbocycles. The van der Waals surface area contributed by atoms with Crippen LogP contribution in [0, 0.1) is 5.82 Å². The van der Waals surface area contributed by atoms with Gasteiger partial charge < -0.3 is 9.73 Å². The van der Waals surface area contributed by atoms with E-state index in [0.29, 0.717) is 40.4 Å². The zero-order chi connectivity index (χ0) is 23.3. The van der Waals surface area contributed by atoms with Crippen molar-refractivity contribution >= 4 is 29.0 Å². The number of pyridine rings is 1. The van der Waals surface area contributed by atoms with Crippen LogP contribution < -0.4 is 5.32 Å². The zero-order valence-electron chi connectivity index (χ0n) is 17.6. The first-order chi connectivity index (χ1) is 16.7. The lowest BCUT2D eigenvalue weighted by atomic mass is 10.3. The highest BCUT2D eigenvalue weighted by Crippen LogP contribution is 2.31. The largest absolute Gasteiger partial charge is 0.461 e. The second kappa shape index (κ2) is 9.98. The normalized spacial score (nSPS) is 11.0. The minimum atomic E-state index is -0.405. The number of nitrogens with one attached hydrogen (secondary N) is 1. The van der Waals surface area contributed by atoms with Gasteiger partial charge in [-0.3, -0.25) is 14.3 Å². The molecule has 0 spiro atoms. The molecule has 34 heavy (non-hydrogen) atoms. The van der Waals surface area contributed by atoms with Crippen LogP contribution in [0.2, 0.25) is 0 Å². The summed E-state index contributed by atoms with van der Waals surface area (Å²) in [5.74, 6) is 0.629. The minimum Gasteiger partial charge on any atom is -0.461 e. The van der Waals surface area contributed by atoms with E-state index in [-0.39, 0.29) is 5.91 Å². The first kappa shape index (κ1) is 22.0. The van der Waals surface area contributed by atoms with Gasteiger partial charge >= 0.3 is 0 Å². The number of carbonyl (C=O) groups is 1. The average Bonchev–Trinajstić information content (AvgIpc) is 3.63. The number of nitrogens with zero attached hydrogens (tertiary/aromatic N) is 5. The number of thiazole rings is 1. The lowest BCUT2D eigenvalue weighted by Gasteiger charge is -2.09. The van der Waals surface area contributed by atoms with E-state index in [0.717, 1.165) is 10.7 Å². The molecule has 1 amide bonds. The van der Waals surface area contributed by atoms with Crippen LogP contribution >= 0.6 is 23.1 Å². The van der Waals surface area contributed by atoms with Crippen molar-refractivity contribution in [3.05, 3.63) is 94.7 Å². The van der Waals surface area contributed by atoms with Gasteiger partial charge in [-0.15, -0.1) is 21.5 Å². The Morgan fingerprint density at radius 3 is 2.79 bits per heavy atom. The minimum absolute atomic E-state index is 0.271. The van der Waals surface area contributed by atoms with Gasteiger partial charge in [-0.2, -0.15) is 0 Å². The molecule has 0 unspecified atom stereocenters. The van der Waals surface area contributed by atoms with Gasteiger partial charge in [0.1, 0.15) is 16.5 Å². The van der Waals surface area contributed by atoms with Crippen molar-refractivity contribution in [2.75, 3.05) is 0 Å².